The SMILES string of the molecule is CCOc1c(C(C)n2nc(C)c3c(N)ncnc32)cc(Cl)c(F)c1C1CNC(=O)O1.Cl. The zero-order valence-electron chi connectivity index (χ0n) is 17.0. The van der Waals surface area contributed by atoms with E-state index >= 15 is 4.39 Å². The fourth-order valence-electron chi connectivity index (χ4n) is 3.67. The first-order chi connectivity index (χ1) is 14.3. The van der Waals surface area contributed by atoms with Crippen molar-refractivity contribution in [2.75, 3.05) is 18.9 Å². The Morgan fingerprint density at radius 2 is 2.23 bits per heavy atom. The van der Waals surface area contributed by atoms with E-state index in [9.17, 15) is 4.79 Å². The Labute approximate surface area is 188 Å². The number of fused-ring (bicyclic) bond motifs is 1. The lowest BCUT2D eigenvalue weighted by Gasteiger charge is -2.23. The highest BCUT2D eigenvalue weighted by atomic mass is 35.5. The maximum atomic E-state index is 15.0. The summed E-state index contributed by atoms with van der Waals surface area (Å²) in [6.07, 6.45) is -0.131. The van der Waals surface area contributed by atoms with Crippen molar-refractivity contribution in [3.8, 4) is 5.75 Å². The third kappa shape index (κ3) is 3.81. The number of nitrogens with two attached hydrogens (primary N) is 1. The molecule has 0 saturated carbocycles. The van der Waals surface area contributed by atoms with Crippen molar-refractivity contribution in [1.82, 2.24) is 25.1 Å². The molecule has 31 heavy (non-hydrogen) atoms. The van der Waals surface area contributed by atoms with Gasteiger partial charge in [0.2, 0.25) is 0 Å². The van der Waals surface area contributed by atoms with Gasteiger partial charge in [0.25, 0.3) is 0 Å². The van der Waals surface area contributed by atoms with Crippen molar-refractivity contribution in [3.05, 3.63) is 40.1 Å². The molecule has 9 nitrogen and oxygen atoms in total. The van der Waals surface area contributed by atoms with Crippen LogP contribution >= 0.6 is 24.0 Å². The van der Waals surface area contributed by atoms with Gasteiger partial charge in [-0.1, -0.05) is 11.6 Å². The van der Waals surface area contributed by atoms with Crippen molar-refractivity contribution in [1.29, 1.82) is 0 Å². The van der Waals surface area contributed by atoms with Crippen LogP contribution in [0.5, 0.6) is 5.75 Å². The zero-order valence-corrected chi connectivity index (χ0v) is 18.6. The number of halogens is 3. The minimum Gasteiger partial charge on any atom is -0.493 e. The first kappa shape index (κ1) is 22.8. The van der Waals surface area contributed by atoms with E-state index in [4.69, 9.17) is 26.8 Å². The number of cyclic esters (lactones) is 1. The molecule has 0 spiro atoms. The molecule has 0 radical (unpaired) electrons. The monoisotopic (exact) mass is 470 g/mol. The van der Waals surface area contributed by atoms with E-state index < -0.39 is 24.1 Å². The van der Waals surface area contributed by atoms with Crippen LogP contribution in [0.1, 0.15) is 42.8 Å². The maximum absolute atomic E-state index is 15.0. The van der Waals surface area contributed by atoms with Crippen LogP contribution in [-0.2, 0) is 4.74 Å². The number of rotatable bonds is 5. The van der Waals surface area contributed by atoms with Crippen LogP contribution in [0.3, 0.4) is 0 Å². The number of benzene rings is 1. The first-order valence-electron chi connectivity index (χ1n) is 9.37. The Balaban J connectivity index is 0.00000272. The molecule has 1 aliphatic heterocycles. The predicted octanol–water partition coefficient (Wildman–Crippen LogP) is 3.72. The number of carbonyl (C=O) groups excluding carboxylic acids is 1. The van der Waals surface area contributed by atoms with Gasteiger partial charge in [0.15, 0.2) is 17.6 Å². The van der Waals surface area contributed by atoms with Crippen molar-refractivity contribution in [2.45, 2.75) is 32.9 Å². The van der Waals surface area contributed by atoms with Gasteiger partial charge in [-0.3, -0.25) is 0 Å². The van der Waals surface area contributed by atoms with Crippen molar-refractivity contribution in [2.24, 2.45) is 0 Å². The van der Waals surface area contributed by atoms with Gasteiger partial charge in [-0.25, -0.2) is 23.8 Å². The number of alkyl carbamates (subject to hydrolysis) is 1. The van der Waals surface area contributed by atoms with Gasteiger partial charge in [-0.2, -0.15) is 5.10 Å². The second-order valence-electron chi connectivity index (χ2n) is 6.88. The number of carbonyl (C=O) groups is 1. The quantitative estimate of drug-likeness (QED) is 0.583. The number of anilines is 1. The molecule has 4 rings (SSSR count). The fourth-order valence-corrected chi connectivity index (χ4v) is 3.89. The predicted molar refractivity (Wildman–Crippen MR) is 115 cm³/mol. The molecule has 1 aliphatic rings. The highest BCUT2D eigenvalue weighted by molar-refractivity contribution is 6.31. The van der Waals surface area contributed by atoms with Crippen LogP contribution in [0, 0.1) is 12.7 Å². The van der Waals surface area contributed by atoms with E-state index in [1.807, 2.05) is 6.92 Å². The summed E-state index contributed by atoms with van der Waals surface area (Å²) in [4.78, 5) is 19.9. The van der Waals surface area contributed by atoms with Crippen LogP contribution in [0.15, 0.2) is 12.4 Å². The molecule has 3 heterocycles. The Morgan fingerprint density at radius 1 is 1.48 bits per heavy atom. The van der Waals surface area contributed by atoms with E-state index in [2.05, 4.69) is 20.4 Å². The standard InChI is InChI=1S/C19H20ClFN6O3.ClH/c1-4-29-16-10(5-11(20)15(21)14(16)12-6-23-19(28)30-12)9(3)27-18-13(8(2)26-27)17(22)24-7-25-18;/h5,7,9,12H,4,6H2,1-3H3,(H,23,28)(H2,22,24,25);1H. The third-order valence-corrected chi connectivity index (χ3v) is 5.31. The highest BCUT2D eigenvalue weighted by Crippen LogP contribution is 2.42. The number of aromatic nitrogens is 4. The molecule has 3 N–H and O–H groups in total. The van der Waals surface area contributed by atoms with Gasteiger partial charge in [0.05, 0.1) is 40.9 Å². The Morgan fingerprint density at radius 3 is 2.87 bits per heavy atom. The third-order valence-electron chi connectivity index (χ3n) is 5.04. The molecule has 0 bridgehead atoms. The topological polar surface area (TPSA) is 117 Å². The molecule has 2 aromatic heterocycles. The smallest absolute Gasteiger partial charge is 0.407 e. The van der Waals surface area contributed by atoms with Crippen molar-refractivity contribution in [3.63, 3.8) is 0 Å². The van der Waals surface area contributed by atoms with Gasteiger partial charge in [0.1, 0.15) is 17.9 Å². The largest absolute Gasteiger partial charge is 0.493 e. The van der Waals surface area contributed by atoms with Crippen molar-refractivity contribution >= 4 is 47.0 Å². The molecule has 2 atom stereocenters. The fraction of sp³-hybridized carbons (Fsp3) is 0.368. The average molecular weight is 471 g/mol. The number of amides is 1. The van der Waals surface area contributed by atoms with Crippen LogP contribution in [0.2, 0.25) is 5.02 Å². The van der Waals surface area contributed by atoms with Crippen molar-refractivity contribution < 1.29 is 18.7 Å². The van der Waals surface area contributed by atoms with Gasteiger partial charge in [0, 0.05) is 5.56 Å². The number of nitrogen functional groups attached to an aromatic ring is 1. The molecular weight excluding hydrogens is 450 g/mol. The maximum Gasteiger partial charge on any atom is 0.407 e. The van der Waals surface area contributed by atoms with Gasteiger partial charge < -0.3 is 20.5 Å². The molecule has 0 aliphatic carbocycles. The summed E-state index contributed by atoms with van der Waals surface area (Å²) < 4.78 is 27.7. The van der Waals surface area contributed by atoms with Gasteiger partial charge >= 0.3 is 6.09 Å². The first-order valence-corrected chi connectivity index (χ1v) is 9.75. The lowest BCUT2D eigenvalue weighted by molar-refractivity contribution is 0.137. The molecular formula is C19H21Cl2FN6O3. The number of nitrogens with one attached hydrogen (secondary N) is 1. The minimum absolute atomic E-state index is 0. The number of ether oxygens (including phenoxy) is 2. The molecule has 12 heteroatoms. The van der Waals surface area contributed by atoms with Gasteiger partial charge in [-0.05, 0) is 26.8 Å². The molecule has 2 unspecified atom stereocenters. The number of aryl methyl sites for hydroxylation is 1. The summed E-state index contributed by atoms with van der Waals surface area (Å²) in [6, 6.07) is 1.05. The van der Waals surface area contributed by atoms with E-state index in [0.29, 0.717) is 28.1 Å². The number of nitrogens with zero attached hydrogens (tertiary/aromatic N) is 4. The molecule has 1 amide bonds. The summed E-state index contributed by atoms with van der Waals surface area (Å²) >= 11 is 6.22. The van der Waals surface area contributed by atoms with Crippen LogP contribution in [0.4, 0.5) is 15.0 Å². The van der Waals surface area contributed by atoms with Crippen LogP contribution in [0.25, 0.3) is 11.0 Å². The summed E-state index contributed by atoms with van der Waals surface area (Å²) in [5.74, 6) is -0.106. The number of hydrogen-bond acceptors (Lipinski definition) is 7. The lowest BCUT2D eigenvalue weighted by Crippen LogP contribution is -2.16. The molecule has 1 aromatic carbocycles. The molecule has 1 saturated heterocycles. The molecule has 3 aromatic rings. The second kappa shape index (κ2) is 8.72. The lowest BCUT2D eigenvalue weighted by atomic mass is 9.99. The number of hydrogen-bond donors (Lipinski definition) is 2. The highest BCUT2D eigenvalue weighted by Gasteiger charge is 2.34. The van der Waals surface area contributed by atoms with E-state index in [1.54, 1.807) is 18.5 Å². The van der Waals surface area contributed by atoms with Gasteiger partial charge in [-0.15, -0.1) is 12.4 Å². The summed E-state index contributed by atoms with van der Waals surface area (Å²) in [7, 11) is 0. The summed E-state index contributed by atoms with van der Waals surface area (Å²) in [5, 5.41) is 7.62. The van der Waals surface area contributed by atoms with E-state index in [-0.39, 0.29) is 41.9 Å². The van der Waals surface area contributed by atoms with Crippen LogP contribution < -0.4 is 15.8 Å². The Bertz CT molecular complexity index is 1160. The Hall–Kier alpha value is -2.85. The molecule has 1 fully saturated rings. The minimum atomic E-state index is -0.863. The Kier molecular flexibility index (Phi) is 6.42. The summed E-state index contributed by atoms with van der Waals surface area (Å²) in [5.41, 5.74) is 7.85. The van der Waals surface area contributed by atoms with Crippen LogP contribution in [-0.4, -0.2) is 39.0 Å². The normalized spacial score (nSPS) is 16.5. The molecule has 166 valence electrons. The zero-order chi connectivity index (χ0) is 21.6. The van der Waals surface area contributed by atoms with E-state index in [0.717, 1.165) is 0 Å². The summed E-state index contributed by atoms with van der Waals surface area (Å²) in [6.45, 7) is 5.83. The second-order valence-corrected chi connectivity index (χ2v) is 7.28. The van der Waals surface area contributed by atoms with E-state index in [1.165, 1.54) is 12.4 Å². The average Bonchev–Trinajstić information content (AvgIpc) is 3.28.